The van der Waals surface area contributed by atoms with Gasteiger partial charge >= 0.3 is 5.97 Å². The van der Waals surface area contributed by atoms with Crippen molar-refractivity contribution in [1.29, 1.82) is 0 Å². The van der Waals surface area contributed by atoms with Gasteiger partial charge in [0.15, 0.2) is 0 Å². The van der Waals surface area contributed by atoms with Crippen molar-refractivity contribution in [3.8, 4) is 5.88 Å². The van der Waals surface area contributed by atoms with Crippen LogP contribution in [0.5, 0.6) is 5.88 Å². The van der Waals surface area contributed by atoms with Crippen molar-refractivity contribution in [2.24, 2.45) is 0 Å². The van der Waals surface area contributed by atoms with Crippen molar-refractivity contribution < 1.29 is 19.4 Å². The minimum absolute atomic E-state index is 0.0848. The number of fused-ring (bicyclic) bond motifs is 1. The van der Waals surface area contributed by atoms with Crippen LogP contribution in [0.3, 0.4) is 0 Å². The number of aryl methyl sites for hydroxylation is 1. The number of carboxylic acid groups (broad SMARTS) is 1. The lowest BCUT2D eigenvalue weighted by Gasteiger charge is -2.11. The number of hydrogen-bond acceptors (Lipinski definition) is 7. The third-order valence-corrected chi connectivity index (χ3v) is 6.05. The number of carboxylic acids is 1. The van der Waals surface area contributed by atoms with Crippen molar-refractivity contribution >= 4 is 35.2 Å². The zero-order chi connectivity index (χ0) is 23.2. The molecule has 0 radical (unpaired) electrons. The van der Waals surface area contributed by atoms with Crippen LogP contribution in [0.2, 0.25) is 0 Å². The number of benzene rings is 2. The molecule has 0 fully saturated rings. The van der Waals surface area contributed by atoms with Crippen molar-refractivity contribution in [3.63, 3.8) is 0 Å². The molecule has 0 saturated heterocycles. The minimum Gasteiger partial charge on any atom is -0.481 e. The summed E-state index contributed by atoms with van der Waals surface area (Å²) in [6.07, 6.45) is 3.17. The van der Waals surface area contributed by atoms with Gasteiger partial charge in [0, 0.05) is 12.0 Å². The molecule has 0 aliphatic rings. The highest BCUT2D eigenvalue weighted by atomic mass is 32.1. The molecule has 2 heterocycles. The number of hydrogen-bond donors (Lipinski definition) is 1. The molecule has 0 aliphatic heterocycles. The zero-order valence-corrected chi connectivity index (χ0v) is 19.0. The average molecular weight is 465 g/mol. The number of nitrogens with zero attached hydrogens (tertiary/aromatic N) is 4. The summed E-state index contributed by atoms with van der Waals surface area (Å²) < 4.78 is 15.7. The summed E-state index contributed by atoms with van der Waals surface area (Å²) in [7, 11) is 0. The Morgan fingerprint density at radius 2 is 1.94 bits per heavy atom. The molecular weight excluding hydrogens is 440 g/mol. The molecule has 1 N–H and O–H groups in total. The first-order chi connectivity index (χ1) is 16.1. The van der Waals surface area contributed by atoms with Crippen molar-refractivity contribution in [1.82, 2.24) is 18.5 Å². The SMILES string of the molecule is CCCCc1nn(Cc2ccccc2CC(=O)O)c(OC=O)c1Cc1ccc2nsnc2c1. The van der Waals surface area contributed by atoms with E-state index in [9.17, 15) is 14.7 Å². The van der Waals surface area contributed by atoms with E-state index in [1.165, 1.54) is 11.7 Å². The topological polar surface area (TPSA) is 107 Å². The molecule has 9 heteroatoms. The van der Waals surface area contributed by atoms with E-state index < -0.39 is 5.97 Å². The minimum atomic E-state index is -0.900. The van der Waals surface area contributed by atoms with E-state index >= 15 is 0 Å². The van der Waals surface area contributed by atoms with E-state index in [2.05, 4.69) is 15.7 Å². The summed E-state index contributed by atoms with van der Waals surface area (Å²) in [5.41, 5.74) is 5.96. The van der Waals surface area contributed by atoms with Gasteiger partial charge in [-0.15, -0.1) is 0 Å². The van der Waals surface area contributed by atoms with Gasteiger partial charge in [-0.2, -0.15) is 13.8 Å². The highest BCUT2D eigenvalue weighted by Crippen LogP contribution is 2.29. The molecule has 2 aromatic heterocycles. The summed E-state index contributed by atoms with van der Waals surface area (Å²) in [4.78, 5) is 22.7. The van der Waals surface area contributed by atoms with Gasteiger partial charge in [-0.1, -0.05) is 43.7 Å². The first-order valence-corrected chi connectivity index (χ1v) is 11.5. The molecule has 0 bridgehead atoms. The van der Waals surface area contributed by atoms with Crippen LogP contribution in [-0.4, -0.2) is 36.1 Å². The lowest BCUT2D eigenvalue weighted by atomic mass is 10.0. The Hall–Kier alpha value is -3.59. The van der Waals surface area contributed by atoms with Gasteiger partial charge < -0.3 is 9.84 Å². The van der Waals surface area contributed by atoms with E-state index in [0.717, 1.165) is 52.7 Å². The van der Waals surface area contributed by atoms with Gasteiger partial charge in [-0.3, -0.25) is 9.59 Å². The van der Waals surface area contributed by atoms with Crippen LogP contribution in [0.25, 0.3) is 11.0 Å². The molecule has 4 aromatic rings. The normalized spacial score (nSPS) is 11.1. The molecule has 170 valence electrons. The first kappa shape index (κ1) is 22.6. The van der Waals surface area contributed by atoms with Gasteiger partial charge in [0.25, 0.3) is 6.47 Å². The average Bonchev–Trinajstić information content (AvgIpc) is 3.39. The maximum atomic E-state index is 11.4. The predicted molar refractivity (Wildman–Crippen MR) is 125 cm³/mol. The van der Waals surface area contributed by atoms with E-state index in [0.29, 0.717) is 30.9 Å². The molecule has 4 rings (SSSR count). The van der Waals surface area contributed by atoms with E-state index in [-0.39, 0.29) is 6.42 Å². The van der Waals surface area contributed by atoms with Crippen molar-refractivity contribution in [2.75, 3.05) is 0 Å². The molecule has 0 spiro atoms. The van der Waals surface area contributed by atoms with E-state index in [1.54, 1.807) is 10.7 Å². The first-order valence-electron chi connectivity index (χ1n) is 10.8. The van der Waals surface area contributed by atoms with Crippen LogP contribution in [-0.2, 0) is 35.4 Å². The Morgan fingerprint density at radius 1 is 1.15 bits per heavy atom. The van der Waals surface area contributed by atoms with E-state index in [1.807, 2.05) is 36.4 Å². The van der Waals surface area contributed by atoms with Crippen LogP contribution in [0.15, 0.2) is 42.5 Å². The Morgan fingerprint density at radius 3 is 2.70 bits per heavy atom. The molecule has 0 aliphatic carbocycles. The van der Waals surface area contributed by atoms with Gasteiger partial charge in [-0.05, 0) is 41.7 Å². The third kappa shape index (κ3) is 5.25. The lowest BCUT2D eigenvalue weighted by molar-refractivity contribution is -0.136. The Balaban J connectivity index is 1.73. The molecular formula is C24H24N4O4S. The monoisotopic (exact) mass is 464 g/mol. The highest BCUT2D eigenvalue weighted by molar-refractivity contribution is 7.00. The molecule has 0 unspecified atom stereocenters. The fourth-order valence-electron chi connectivity index (χ4n) is 3.89. The second kappa shape index (κ2) is 10.4. The predicted octanol–water partition coefficient (Wildman–Crippen LogP) is 4.03. The fourth-order valence-corrected chi connectivity index (χ4v) is 4.41. The maximum Gasteiger partial charge on any atom is 0.307 e. The summed E-state index contributed by atoms with van der Waals surface area (Å²) in [5, 5.41) is 14.1. The summed E-state index contributed by atoms with van der Waals surface area (Å²) in [6, 6.07) is 13.3. The van der Waals surface area contributed by atoms with Gasteiger partial charge in [0.2, 0.25) is 5.88 Å². The summed E-state index contributed by atoms with van der Waals surface area (Å²) in [5.74, 6) is -0.513. The van der Waals surface area contributed by atoms with Gasteiger partial charge in [0.05, 0.1) is 30.4 Å². The number of rotatable bonds is 11. The number of carbonyl (C=O) groups is 2. The Bertz CT molecular complexity index is 1280. The van der Waals surface area contributed by atoms with Crippen LogP contribution in [0.4, 0.5) is 0 Å². The molecule has 33 heavy (non-hydrogen) atoms. The van der Waals surface area contributed by atoms with Crippen LogP contribution in [0, 0.1) is 0 Å². The largest absolute Gasteiger partial charge is 0.481 e. The fraction of sp³-hybridized carbons (Fsp3) is 0.292. The smallest absolute Gasteiger partial charge is 0.307 e. The van der Waals surface area contributed by atoms with Gasteiger partial charge in [0.1, 0.15) is 11.0 Å². The van der Waals surface area contributed by atoms with E-state index in [4.69, 9.17) is 9.84 Å². The molecule has 2 aromatic carbocycles. The Labute approximate surface area is 195 Å². The summed E-state index contributed by atoms with van der Waals surface area (Å²) >= 11 is 1.17. The number of carbonyl (C=O) groups excluding carboxylic acids is 1. The molecule has 0 atom stereocenters. The van der Waals surface area contributed by atoms with Crippen LogP contribution in [0.1, 0.15) is 47.7 Å². The third-order valence-electron chi connectivity index (χ3n) is 5.49. The second-order valence-electron chi connectivity index (χ2n) is 7.81. The Kier molecular flexibility index (Phi) is 7.09. The number of aromatic nitrogens is 4. The van der Waals surface area contributed by atoms with Crippen LogP contribution < -0.4 is 4.74 Å². The van der Waals surface area contributed by atoms with Crippen molar-refractivity contribution in [2.45, 2.75) is 45.6 Å². The number of ether oxygens (including phenoxy) is 1. The maximum absolute atomic E-state index is 11.4. The summed E-state index contributed by atoms with van der Waals surface area (Å²) in [6.45, 7) is 2.84. The molecule has 8 nitrogen and oxygen atoms in total. The quantitative estimate of drug-likeness (QED) is 0.334. The molecule has 0 amide bonds. The van der Waals surface area contributed by atoms with Crippen molar-refractivity contribution in [3.05, 3.63) is 70.4 Å². The zero-order valence-electron chi connectivity index (χ0n) is 18.2. The highest BCUT2D eigenvalue weighted by Gasteiger charge is 2.21. The standard InChI is InChI=1S/C24H24N4O4S/c1-2-3-8-20-19(11-16-9-10-21-22(12-16)27-33-26-21)24(32-15-29)28(25-20)14-18-7-5-4-6-17(18)13-23(30)31/h4-7,9-10,12,15H,2-3,8,11,13-14H2,1H3,(H,30,31). The molecule has 0 saturated carbocycles. The van der Waals surface area contributed by atoms with Crippen LogP contribution >= 0.6 is 11.7 Å². The lowest BCUT2D eigenvalue weighted by Crippen LogP contribution is -2.10. The second-order valence-corrected chi connectivity index (χ2v) is 8.34. The number of unbranched alkanes of at least 4 members (excludes halogenated alkanes) is 1. The number of aliphatic carboxylic acids is 1. The van der Waals surface area contributed by atoms with Gasteiger partial charge in [-0.25, -0.2) is 4.68 Å².